The fraction of sp³-hybridized carbons (Fsp3) is 0.300. The van der Waals surface area contributed by atoms with E-state index in [1.807, 2.05) is 0 Å². The number of hydrogen-bond acceptors (Lipinski definition) is 2. The summed E-state index contributed by atoms with van der Waals surface area (Å²) >= 11 is 0. The number of hydrogen-bond donors (Lipinski definition) is 1. The highest BCUT2D eigenvalue weighted by Crippen LogP contribution is 2.36. The van der Waals surface area contributed by atoms with Gasteiger partial charge >= 0.3 is 12.1 Å². The SMILES string of the molecule is COc1cc(C)cc(C(F)(F)F)c1C(=O)O. The van der Waals surface area contributed by atoms with Gasteiger partial charge in [0.1, 0.15) is 11.3 Å². The maximum absolute atomic E-state index is 12.6. The summed E-state index contributed by atoms with van der Waals surface area (Å²) in [6.07, 6.45) is -4.72. The highest BCUT2D eigenvalue weighted by molar-refractivity contribution is 5.93. The van der Waals surface area contributed by atoms with Crippen LogP contribution in [0.5, 0.6) is 5.75 Å². The van der Waals surface area contributed by atoms with Gasteiger partial charge in [0, 0.05) is 0 Å². The van der Waals surface area contributed by atoms with E-state index >= 15 is 0 Å². The van der Waals surface area contributed by atoms with Crippen LogP contribution >= 0.6 is 0 Å². The Bertz CT molecular complexity index is 424. The number of methoxy groups -OCH3 is 1. The van der Waals surface area contributed by atoms with E-state index in [1.54, 1.807) is 0 Å². The maximum Gasteiger partial charge on any atom is 0.417 e. The van der Waals surface area contributed by atoms with E-state index in [2.05, 4.69) is 4.74 Å². The Kier molecular flexibility index (Phi) is 3.11. The van der Waals surface area contributed by atoms with Gasteiger partial charge < -0.3 is 9.84 Å². The summed E-state index contributed by atoms with van der Waals surface area (Å²) in [5.74, 6) is -1.95. The average Bonchev–Trinajstić information content (AvgIpc) is 2.14. The van der Waals surface area contributed by atoms with E-state index in [0.717, 1.165) is 13.2 Å². The zero-order valence-corrected chi connectivity index (χ0v) is 8.55. The van der Waals surface area contributed by atoms with E-state index in [4.69, 9.17) is 5.11 Å². The van der Waals surface area contributed by atoms with Crippen LogP contribution in [-0.2, 0) is 6.18 Å². The largest absolute Gasteiger partial charge is 0.496 e. The molecule has 0 aromatic heterocycles. The lowest BCUT2D eigenvalue weighted by atomic mass is 10.0. The standard InChI is InChI=1S/C10H9F3O3/c1-5-3-6(10(11,12)13)8(9(14)15)7(4-5)16-2/h3-4H,1-2H3,(H,14,15). The second-order valence-electron chi connectivity index (χ2n) is 3.19. The van der Waals surface area contributed by atoms with Crippen molar-refractivity contribution in [1.82, 2.24) is 0 Å². The van der Waals surface area contributed by atoms with Crippen LogP contribution in [0.15, 0.2) is 12.1 Å². The molecule has 1 rings (SSSR count). The third kappa shape index (κ3) is 2.26. The van der Waals surface area contributed by atoms with Crippen molar-refractivity contribution in [3.63, 3.8) is 0 Å². The molecule has 0 radical (unpaired) electrons. The quantitative estimate of drug-likeness (QED) is 0.855. The molecule has 0 atom stereocenters. The summed E-state index contributed by atoms with van der Waals surface area (Å²) in [5.41, 5.74) is -1.77. The number of carbonyl (C=O) groups is 1. The average molecular weight is 234 g/mol. The van der Waals surface area contributed by atoms with Gasteiger partial charge in [0.2, 0.25) is 0 Å². The van der Waals surface area contributed by atoms with Crippen molar-refractivity contribution in [2.24, 2.45) is 0 Å². The molecule has 1 aromatic rings. The van der Waals surface area contributed by atoms with Gasteiger partial charge in [-0.1, -0.05) is 0 Å². The lowest BCUT2D eigenvalue weighted by Gasteiger charge is -2.14. The summed E-state index contributed by atoms with van der Waals surface area (Å²) in [4.78, 5) is 10.8. The molecule has 1 aromatic carbocycles. The highest BCUT2D eigenvalue weighted by atomic mass is 19.4. The number of halogens is 3. The number of carboxylic acids is 1. The summed E-state index contributed by atoms with van der Waals surface area (Å²) < 4.78 is 42.4. The molecule has 0 unspecified atom stereocenters. The van der Waals surface area contributed by atoms with Crippen molar-refractivity contribution in [3.8, 4) is 5.75 Å². The Balaban J connectivity index is 3.57. The molecule has 0 aliphatic carbocycles. The van der Waals surface area contributed by atoms with Crippen LogP contribution in [0.3, 0.4) is 0 Å². The molecule has 0 saturated carbocycles. The number of aryl methyl sites for hydroxylation is 1. The first kappa shape index (κ1) is 12.4. The second-order valence-corrected chi connectivity index (χ2v) is 3.19. The number of rotatable bonds is 2. The normalized spacial score (nSPS) is 11.3. The van der Waals surface area contributed by atoms with Gasteiger partial charge in [0.05, 0.1) is 12.7 Å². The van der Waals surface area contributed by atoms with Gasteiger partial charge in [0.15, 0.2) is 0 Å². The molecule has 0 saturated heterocycles. The van der Waals surface area contributed by atoms with E-state index < -0.39 is 23.3 Å². The Hall–Kier alpha value is -1.72. The van der Waals surface area contributed by atoms with Crippen molar-refractivity contribution in [3.05, 3.63) is 28.8 Å². The van der Waals surface area contributed by atoms with Crippen LogP contribution in [0.2, 0.25) is 0 Å². The number of carboxylic acid groups (broad SMARTS) is 1. The molecule has 0 spiro atoms. The first-order valence-electron chi connectivity index (χ1n) is 4.26. The van der Waals surface area contributed by atoms with Gasteiger partial charge in [-0.05, 0) is 24.6 Å². The molecule has 0 aliphatic heterocycles. The van der Waals surface area contributed by atoms with E-state index in [1.165, 1.54) is 13.0 Å². The fourth-order valence-corrected chi connectivity index (χ4v) is 1.36. The number of aromatic carboxylic acids is 1. The first-order chi connectivity index (χ1) is 7.27. The third-order valence-corrected chi connectivity index (χ3v) is 1.99. The minimum atomic E-state index is -4.72. The van der Waals surface area contributed by atoms with Crippen LogP contribution in [0.1, 0.15) is 21.5 Å². The smallest absolute Gasteiger partial charge is 0.417 e. The molecular weight excluding hydrogens is 225 g/mol. The van der Waals surface area contributed by atoms with Crippen LogP contribution < -0.4 is 4.74 Å². The lowest BCUT2D eigenvalue weighted by molar-refractivity contribution is -0.138. The molecule has 88 valence electrons. The minimum Gasteiger partial charge on any atom is -0.496 e. The van der Waals surface area contributed by atoms with Crippen LogP contribution in [0.25, 0.3) is 0 Å². The Labute approximate surface area is 89.5 Å². The summed E-state index contributed by atoms with van der Waals surface area (Å²) in [6, 6.07) is 2.03. The molecule has 0 fully saturated rings. The Morgan fingerprint density at radius 1 is 1.38 bits per heavy atom. The number of benzene rings is 1. The van der Waals surface area contributed by atoms with Gasteiger partial charge in [-0.15, -0.1) is 0 Å². The topological polar surface area (TPSA) is 46.5 Å². The highest BCUT2D eigenvalue weighted by Gasteiger charge is 2.37. The van der Waals surface area contributed by atoms with E-state index in [9.17, 15) is 18.0 Å². The molecule has 0 bridgehead atoms. The predicted octanol–water partition coefficient (Wildman–Crippen LogP) is 2.72. The van der Waals surface area contributed by atoms with Crippen LogP contribution in [0, 0.1) is 6.92 Å². The maximum atomic E-state index is 12.6. The molecule has 3 nitrogen and oxygen atoms in total. The predicted molar refractivity (Wildman–Crippen MR) is 49.7 cm³/mol. The van der Waals surface area contributed by atoms with Gasteiger partial charge in [-0.2, -0.15) is 13.2 Å². The van der Waals surface area contributed by atoms with Gasteiger partial charge in [0.25, 0.3) is 0 Å². The fourth-order valence-electron chi connectivity index (χ4n) is 1.36. The molecule has 6 heteroatoms. The molecule has 0 amide bonds. The third-order valence-electron chi connectivity index (χ3n) is 1.99. The Morgan fingerprint density at radius 3 is 2.31 bits per heavy atom. The van der Waals surface area contributed by atoms with Crippen molar-refractivity contribution >= 4 is 5.97 Å². The summed E-state index contributed by atoms with van der Waals surface area (Å²) in [5, 5.41) is 8.75. The van der Waals surface area contributed by atoms with Crippen molar-refractivity contribution in [2.75, 3.05) is 7.11 Å². The zero-order valence-electron chi connectivity index (χ0n) is 8.55. The van der Waals surface area contributed by atoms with Crippen LogP contribution in [0.4, 0.5) is 13.2 Å². The van der Waals surface area contributed by atoms with Crippen LogP contribution in [-0.4, -0.2) is 18.2 Å². The first-order valence-corrected chi connectivity index (χ1v) is 4.26. The monoisotopic (exact) mass is 234 g/mol. The van der Waals surface area contributed by atoms with Gasteiger partial charge in [-0.3, -0.25) is 0 Å². The van der Waals surface area contributed by atoms with Crippen molar-refractivity contribution in [1.29, 1.82) is 0 Å². The van der Waals surface area contributed by atoms with E-state index in [-0.39, 0.29) is 11.3 Å². The summed E-state index contributed by atoms with van der Waals surface area (Å²) in [7, 11) is 1.13. The molecular formula is C10H9F3O3. The molecule has 0 heterocycles. The molecule has 0 aliphatic rings. The van der Waals surface area contributed by atoms with Crippen molar-refractivity contribution in [2.45, 2.75) is 13.1 Å². The number of alkyl halides is 3. The van der Waals surface area contributed by atoms with E-state index in [0.29, 0.717) is 0 Å². The Morgan fingerprint density at radius 2 is 1.94 bits per heavy atom. The lowest BCUT2D eigenvalue weighted by Crippen LogP contribution is -2.14. The zero-order chi connectivity index (χ0) is 12.5. The molecule has 16 heavy (non-hydrogen) atoms. The molecule has 1 N–H and O–H groups in total. The summed E-state index contributed by atoms with van der Waals surface area (Å²) in [6.45, 7) is 1.43. The number of ether oxygens (including phenoxy) is 1. The van der Waals surface area contributed by atoms with Gasteiger partial charge in [-0.25, -0.2) is 4.79 Å². The second kappa shape index (κ2) is 4.03. The van der Waals surface area contributed by atoms with Crippen molar-refractivity contribution < 1.29 is 27.8 Å². The minimum absolute atomic E-state index is 0.286.